The van der Waals surface area contributed by atoms with Gasteiger partial charge in [-0.1, -0.05) is 17.8 Å². The molecule has 7 nitrogen and oxygen atoms in total. The lowest BCUT2D eigenvalue weighted by atomic mass is 10.2. The predicted octanol–water partition coefficient (Wildman–Crippen LogP) is 4.08. The van der Waals surface area contributed by atoms with E-state index in [0.29, 0.717) is 23.3 Å². The van der Waals surface area contributed by atoms with Crippen molar-refractivity contribution in [2.75, 3.05) is 12.4 Å². The number of hydrogen-bond acceptors (Lipinski definition) is 6. The van der Waals surface area contributed by atoms with Gasteiger partial charge in [-0.15, -0.1) is 10.2 Å². The van der Waals surface area contributed by atoms with Crippen LogP contribution in [0.1, 0.15) is 34.8 Å². The largest absolute Gasteiger partial charge is 0.459 e. The van der Waals surface area contributed by atoms with Crippen molar-refractivity contribution in [2.45, 2.75) is 36.8 Å². The molecule has 11 heteroatoms. The molecule has 31 heavy (non-hydrogen) atoms. The second kappa shape index (κ2) is 9.15. The zero-order valence-electron chi connectivity index (χ0n) is 16.3. The van der Waals surface area contributed by atoms with Crippen LogP contribution in [0.4, 0.5) is 13.2 Å². The summed E-state index contributed by atoms with van der Waals surface area (Å²) in [7, 11) is 0. The van der Waals surface area contributed by atoms with Crippen molar-refractivity contribution in [3.8, 4) is 5.69 Å². The van der Waals surface area contributed by atoms with E-state index < -0.39 is 17.6 Å². The van der Waals surface area contributed by atoms with E-state index in [1.165, 1.54) is 34.7 Å². The minimum absolute atomic E-state index is 0.0384. The number of ether oxygens (including phenoxy) is 1. The number of furan rings is 1. The molecule has 0 radical (unpaired) electrons. The lowest BCUT2D eigenvalue weighted by molar-refractivity contribution is -0.137. The van der Waals surface area contributed by atoms with Crippen LogP contribution in [0.5, 0.6) is 0 Å². The van der Waals surface area contributed by atoms with Gasteiger partial charge in [0.25, 0.3) is 5.91 Å². The van der Waals surface area contributed by atoms with E-state index in [9.17, 15) is 18.0 Å². The molecule has 1 amide bonds. The van der Waals surface area contributed by atoms with Crippen LogP contribution >= 0.6 is 11.8 Å². The number of aromatic nitrogens is 3. The molecule has 1 atom stereocenters. The Bertz CT molecular complexity index is 1030. The number of hydrogen-bond donors (Lipinski definition) is 1. The molecule has 0 saturated carbocycles. The van der Waals surface area contributed by atoms with Gasteiger partial charge >= 0.3 is 6.18 Å². The van der Waals surface area contributed by atoms with Gasteiger partial charge < -0.3 is 14.5 Å². The van der Waals surface area contributed by atoms with Crippen LogP contribution in [-0.2, 0) is 17.5 Å². The Morgan fingerprint density at radius 3 is 2.84 bits per heavy atom. The number of nitrogens with one attached hydrogen (secondary N) is 1. The van der Waals surface area contributed by atoms with E-state index >= 15 is 0 Å². The number of amides is 1. The van der Waals surface area contributed by atoms with Crippen molar-refractivity contribution >= 4 is 17.7 Å². The SMILES string of the molecule is O=C(NCc1nnc(SC[C@@H]2CCCO2)n1-c1cccc(C(F)(F)F)c1)c1ccco1. The van der Waals surface area contributed by atoms with Gasteiger partial charge in [-0.2, -0.15) is 13.2 Å². The molecular formula is C20H19F3N4O3S. The normalized spacial score (nSPS) is 16.5. The van der Waals surface area contributed by atoms with Gasteiger partial charge in [0.2, 0.25) is 0 Å². The van der Waals surface area contributed by atoms with Crippen LogP contribution in [0.15, 0.2) is 52.2 Å². The fourth-order valence-corrected chi connectivity index (χ4v) is 4.22. The molecule has 1 N–H and O–H groups in total. The summed E-state index contributed by atoms with van der Waals surface area (Å²) in [5.41, 5.74) is -0.517. The first kappa shape index (κ1) is 21.4. The Hall–Kier alpha value is -2.79. The highest BCUT2D eigenvalue weighted by atomic mass is 32.2. The Balaban J connectivity index is 1.60. The average molecular weight is 452 g/mol. The zero-order chi connectivity index (χ0) is 21.8. The second-order valence-corrected chi connectivity index (χ2v) is 7.88. The van der Waals surface area contributed by atoms with Gasteiger partial charge in [0.15, 0.2) is 16.7 Å². The minimum atomic E-state index is -4.48. The zero-order valence-corrected chi connectivity index (χ0v) is 17.1. The van der Waals surface area contributed by atoms with Crippen molar-refractivity contribution in [2.24, 2.45) is 0 Å². The van der Waals surface area contributed by atoms with Crippen LogP contribution in [-0.4, -0.2) is 39.1 Å². The Morgan fingerprint density at radius 2 is 2.13 bits per heavy atom. The van der Waals surface area contributed by atoms with E-state index in [1.807, 2.05) is 0 Å². The van der Waals surface area contributed by atoms with Crippen LogP contribution in [0, 0.1) is 0 Å². The summed E-state index contributed by atoms with van der Waals surface area (Å²) >= 11 is 1.36. The molecule has 4 rings (SSSR count). The second-order valence-electron chi connectivity index (χ2n) is 6.89. The molecule has 1 aromatic carbocycles. The van der Waals surface area contributed by atoms with Gasteiger partial charge in [-0.25, -0.2) is 0 Å². The number of carbonyl (C=O) groups is 1. The highest BCUT2D eigenvalue weighted by Crippen LogP contribution is 2.32. The molecule has 2 aromatic heterocycles. The standard InChI is InChI=1S/C20H19F3N4O3S/c21-20(22,23)13-4-1-5-14(10-13)27-17(11-24-18(28)16-7-3-9-30-16)25-26-19(27)31-12-15-6-2-8-29-15/h1,3-5,7,9-10,15H,2,6,8,11-12H2,(H,24,28)/t15-/m0/s1. The third-order valence-corrected chi connectivity index (χ3v) is 5.77. The van der Waals surface area contributed by atoms with Gasteiger partial charge in [0, 0.05) is 12.4 Å². The first-order valence-corrected chi connectivity index (χ1v) is 10.6. The van der Waals surface area contributed by atoms with Crippen LogP contribution in [0.2, 0.25) is 0 Å². The van der Waals surface area contributed by atoms with Gasteiger partial charge in [-0.3, -0.25) is 9.36 Å². The number of nitrogens with zero attached hydrogens (tertiary/aromatic N) is 3. The number of halogens is 3. The molecule has 1 aliphatic heterocycles. The Labute approximate surface area is 180 Å². The first-order chi connectivity index (χ1) is 14.9. The van der Waals surface area contributed by atoms with Crippen LogP contribution in [0.25, 0.3) is 5.69 Å². The molecular weight excluding hydrogens is 433 g/mol. The number of rotatable bonds is 7. The smallest absolute Gasteiger partial charge is 0.416 e. The summed E-state index contributed by atoms with van der Waals surface area (Å²) in [5.74, 6) is 0.569. The lowest BCUT2D eigenvalue weighted by Crippen LogP contribution is -2.24. The lowest BCUT2D eigenvalue weighted by Gasteiger charge is -2.14. The molecule has 1 aliphatic rings. The van der Waals surface area contributed by atoms with Gasteiger partial charge in [0.05, 0.1) is 30.2 Å². The van der Waals surface area contributed by atoms with Gasteiger partial charge in [0.1, 0.15) is 0 Å². The molecule has 0 aliphatic carbocycles. The van der Waals surface area contributed by atoms with Crippen molar-refractivity contribution in [3.05, 3.63) is 59.8 Å². The van der Waals surface area contributed by atoms with Crippen molar-refractivity contribution in [1.29, 1.82) is 0 Å². The first-order valence-electron chi connectivity index (χ1n) is 9.60. The fourth-order valence-electron chi connectivity index (χ4n) is 3.19. The number of thioether (sulfide) groups is 1. The monoisotopic (exact) mass is 452 g/mol. The van der Waals surface area contributed by atoms with E-state index in [0.717, 1.165) is 25.0 Å². The summed E-state index contributed by atoms with van der Waals surface area (Å²) < 4.78 is 51.9. The molecule has 0 spiro atoms. The number of carbonyl (C=O) groups excluding carboxylic acids is 1. The van der Waals surface area contributed by atoms with Crippen molar-refractivity contribution < 1.29 is 27.1 Å². The summed E-state index contributed by atoms with van der Waals surface area (Å²) in [5, 5.41) is 11.3. The van der Waals surface area contributed by atoms with Crippen molar-refractivity contribution in [3.63, 3.8) is 0 Å². The maximum atomic E-state index is 13.2. The van der Waals surface area contributed by atoms with Crippen LogP contribution in [0.3, 0.4) is 0 Å². The molecule has 1 fully saturated rings. The summed E-state index contributed by atoms with van der Waals surface area (Å²) in [6, 6.07) is 8.02. The molecule has 3 heterocycles. The number of alkyl halides is 3. The molecule has 1 saturated heterocycles. The topological polar surface area (TPSA) is 82.2 Å². The Kier molecular flexibility index (Phi) is 6.33. The molecule has 0 bridgehead atoms. The van der Waals surface area contributed by atoms with E-state index in [4.69, 9.17) is 9.15 Å². The van der Waals surface area contributed by atoms with E-state index in [1.54, 1.807) is 12.1 Å². The fraction of sp³-hybridized carbons (Fsp3) is 0.350. The summed E-state index contributed by atoms with van der Waals surface area (Å²) in [6.45, 7) is 0.666. The maximum Gasteiger partial charge on any atom is 0.416 e. The van der Waals surface area contributed by atoms with Gasteiger partial charge in [-0.05, 0) is 43.2 Å². The van der Waals surface area contributed by atoms with Crippen molar-refractivity contribution in [1.82, 2.24) is 20.1 Å². The predicted molar refractivity (Wildman–Crippen MR) is 106 cm³/mol. The van der Waals surface area contributed by atoms with Crippen LogP contribution < -0.4 is 5.32 Å². The number of benzene rings is 1. The third kappa shape index (κ3) is 5.10. The van der Waals surface area contributed by atoms with E-state index in [2.05, 4.69) is 15.5 Å². The average Bonchev–Trinajstić information content (AvgIpc) is 3.52. The highest BCUT2D eigenvalue weighted by Gasteiger charge is 2.31. The Morgan fingerprint density at radius 1 is 1.26 bits per heavy atom. The van der Waals surface area contributed by atoms with E-state index in [-0.39, 0.29) is 24.1 Å². The maximum absolute atomic E-state index is 13.2. The summed E-state index contributed by atoms with van der Waals surface area (Å²) in [4.78, 5) is 12.2. The quantitative estimate of drug-likeness (QED) is 0.544. The third-order valence-electron chi connectivity index (χ3n) is 4.71. The highest BCUT2D eigenvalue weighted by molar-refractivity contribution is 7.99. The summed E-state index contributed by atoms with van der Waals surface area (Å²) in [6.07, 6.45) is -1.13. The minimum Gasteiger partial charge on any atom is -0.459 e. The molecule has 3 aromatic rings. The molecule has 164 valence electrons. The molecule has 0 unspecified atom stereocenters.